The van der Waals surface area contributed by atoms with Gasteiger partial charge < -0.3 is 9.84 Å². The number of carboxylic acid groups (broad SMARTS) is 1. The standard InChI is InChI=1S/C24H24FNO3S/c25-19-8-6-18(7-9-19)23(17-4-2-1-3-5-17)29-20-12-14-26(15-13-20)16-21-10-11-22(30-21)24(27)28/h1-11,20,23H,12-16H2,(H,27,28). The van der Waals surface area contributed by atoms with Crippen LogP contribution in [0.3, 0.4) is 0 Å². The van der Waals surface area contributed by atoms with E-state index in [4.69, 9.17) is 9.84 Å². The second-order valence-electron chi connectivity index (χ2n) is 7.52. The molecule has 0 saturated carbocycles. The zero-order valence-electron chi connectivity index (χ0n) is 16.5. The van der Waals surface area contributed by atoms with Crippen LogP contribution in [-0.2, 0) is 11.3 Å². The molecular weight excluding hydrogens is 401 g/mol. The summed E-state index contributed by atoms with van der Waals surface area (Å²) in [6, 6.07) is 20.1. The summed E-state index contributed by atoms with van der Waals surface area (Å²) >= 11 is 1.34. The third-order valence-electron chi connectivity index (χ3n) is 5.39. The molecular formula is C24H24FNO3S. The van der Waals surface area contributed by atoms with Gasteiger partial charge in [0.25, 0.3) is 0 Å². The van der Waals surface area contributed by atoms with Crippen molar-refractivity contribution in [2.24, 2.45) is 0 Å². The first kappa shape index (κ1) is 20.7. The van der Waals surface area contributed by atoms with E-state index in [-0.39, 0.29) is 18.0 Å². The molecule has 0 radical (unpaired) electrons. The van der Waals surface area contributed by atoms with Gasteiger partial charge in [-0.2, -0.15) is 0 Å². The third kappa shape index (κ3) is 5.14. The summed E-state index contributed by atoms with van der Waals surface area (Å²) in [5.41, 5.74) is 2.01. The van der Waals surface area contributed by atoms with E-state index in [1.54, 1.807) is 18.2 Å². The molecule has 6 heteroatoms. The summed E-state index contributed by atoms with van der Waals surface area (Å²) in [5, 5.41) is 9.09. The average molecular weight is 426 g/mol. The quantitative estimate of drug-likeness (QED) is 0.554. The molecule has 1 atom stereocenters. The number of benzene rings is 2. The summed E-state index contributed by atoms with van der Waals surface area (Å²) < 4.78 is 19.9. The van der Waals surface area contributed by atoms with Crippen LogP contribution in [0.15, 0.2) is 66.7 Å². The fourth-order valence-corrected chi connectivity index (χ4v) is 4.70. The van der Waals surface area contributed by atoms with E-state index < -0.39 is 5.97 Å². The lowest BCUT2D eigenvalue weighted by atomic mass is 10.00. The van der Waals surface area contributed by atoms with Crippen LogP contribution >= 0.6 is 11.3 Å². The Morgan fingerprint density at radius 3 is 2.33 bits per heavy atom. The Hall–Kier alpha value is -2.54. The van der Waals surface area contributed by atoms with Gasteiger partial charge in [0.2, 0.25) is 0 Å². The average Bonchev–Trinajstić information content (AvgIpc) is 3.23. The third-order valence-corrected chi connectivity index (χ3v) is 6.45. The topological polar surface area (TPSA) is 49.8 Å². The lowest BCUT2D eigenvalue weighted by Gasteiger charge is -2.34. The highest BCUT2D eigenvalue weighted by molar-refractivity contribution is 7.13. The van der Waals surface area contributed by atoms with Crippen LogP contribution < -0.4 is 0 Å². The van der Waals surface area contributed by atoms with Crippen molar-refractivity contribution in [3.63, 3.8) is 0 Å². The maximum absolute atomic E-state index is 13.4. The summed E-state index contributed by atoms with van der Waals surface area (Å²) in [4.78, 5) is 14.9. The summed E-state index contributed by atoms with van der Waals surface area (Å²) in [6.45, 7) is 2.57. The minimum Gasteiger partial charge on any atom is -0.477 e. The molecule has 3 aromatic rings. The molecule has 30 heavy (non-hydrogen) atoms. The molecule has 0 amide bonds. The van der Waals surface area contributed by atoms with Crippen molar-refractivity contribution in [2.45, 2.75) is 31.6 Å². The zero-order valence-corrected chi connectivity index (χ0v) is 17.4. The Kier molecular flexibility index (Phi) is 6.57. The minimum atomic E-state index is -0.869. The van der Waals surface area contributed by atoms with Gasteiger partial charge in [-0.25, -0.2) is 9.18 Å². The second-order valence-corrected chi connectivity index (χ2v) is 8.69. The van der Waals surface area contributed by atoms with E-state index in [9.17, 15) is 9.18 Å². The Balaban J connectivity index is 1.39. The van der Waals surface area contributed by atoms with Crippen molar-refractivity contribution >= 4 is 17.3 Å². The first-order valence-electron chi connectivity index (χ1n) is 10.1. The first-order chi connectivity index (χ1) is 14.6. The zero-order chi connectivity index (χ0) is 20.9. The van der Waals surface area contributed by atoms with Gasteiger partial charge in [0.15, 0.2) is 0 Å². The number of aromatic carboxylic acids is 1. The maximum Gasteiger partial charge on any atom is 0.345 e. The summed E-state index contributed by atoms with van der Waals surface area (Å²) in [6.07, 6.45) is 1.71. The number of hydrogen-bond donors (Lipinski definition) is 1. The number of piperidine rings is 1. The molecule has 1 aliphatic rings. The fraction of sp³-hybridized carbons (Fsp3) is 0.292. The van der Waals surface area contributed by atoms with Crippen molar-refractivity contribution in [1.29, 1.82) is 0 Å². The number of rotatable bonds is 7. The number of nitrogens with zero attached hydrogens (tertiary/aromatic N) is 1. The normalized spacial score (nSPS) is 16.4. The molecule has 1 unspecified atom stereocenters. The number of carbonyl (C=O) groups is 1. The van der Waals surface area contributed by atoms with Gasteiger partial charge >= 0.3 is 5.97 Å². The maximum atomic E-state index is 13.4. The summed E-state index contributed by atoms with van der Waals surface area (Å²) in [5.74, 6) is -1.12. The van der Waals surface area contributed by atoms with Crippen LogP contribution in [0.5, 0.6) is 0 Å². The van der Waals surface area contributed by atoms with Gasteiger partial charge in [-0.05, 0) is 48.2 Å². The van der Waals surface area contributed by atoms with E-state index >= 15 is 0 Å². The minimum absolute atomic E-state index is 0.120. The van der Waals surface area contributed by atoms with Crippen molar-refractivity contribution in [1.82, 2.24) is 4.90 Å². The van der Waals surface area contributed by atoms with Gasteiger partial charge in [-0.3, -0.25) is 4.90 Å². The van der Waals surface area contributed by atoms with Gasteiger partial charge in [-0.1, -0.05) is 42.5 Å². The number of carboxylic acids is 1. The highest BCUT2D eigenvalue weighted by atomic mass is 32.1. The van der Waals surface area contributed by atoms with Crippen LogP contribution in [0.4, 0.5) is 4.39 Å². The van der Waals surface area contributed by atoms with Gasteiger partial charge in [0.1, 0.15) is 16.8 Å². The van der Waals surface area contributed by atoms with Crippen LogP contribution in [0, 0.1) is 5.82 Å². The van der Waals surface area contributed by atoms with Crippen molar-refractivity contribution < 1.29 is 19.0 Å². The molecule has 1 saturated heterocycles. The highest BCUT2D eigenvalue weighted by Crippen LogP contribution is 2.30. The van der Waals surface area contributed by atoms with E-state index in [1.165, 1.54) is 23.5 Å². The highest BCUT2D eigenvalue weighted by Gasteiger charge is 2.25. The first-order valence-corrected chi connectivity index (χ1v) is 10.9. The molecule has 0 aliphatic carbocycles. The molecule has 1 aromatic heterocycles. The number of hydrogen-bond acceptors (Lipinski definition) is 4. The molecule has 1 fully saturated rings. The lowest BCUT2D eigenvalue weighted by molar-refractivity contribution is -0.0280. The Morgan fingerprint density at radius 1 is 1.03 bits per heavy atom. The molecule has 4 rings (SSSR count). The molecule has 2 aromatic carbocycles. The summed E-state index contributed by atoms with van der Waals surface area (Å²) in [7, 11) is 0. The predicted octanol–water partition coefficient (Wildman–Crippen LogP) is 5.36. The smallest absolute Gasteiger partial charge is 0.345 e. The van der Waals surface area contributed by atoms with Gasteiger partial charge in [-0.15, -0.1) is 11.3 Å². The lowest BCUT2D eigenvalue weighted by Crippen LogP contribution is -2.37. The van der Waals surface area contributed by atoms with Crippen molar-refractivity contribution in [3.8, 4) is 0 Å². The fourth-order valence-electron chi connectivity index (χ4n) is 3.81. The Morgan fingerprint density at radius 2 is 1.70 bits per heavy atom. The number of thiophene rings is 1. The molecule has 2 heterocycles. The van der Waals surface area contributed by atoms with E-state index in [0.29, 0.717) is 4.88 Å². The molecule has 1 aliphatic heterocycles. The predicted molar refractivity (Wildman–Crippen MR) is 115 cm³/mol. The van der Waals surface area contributed by atoms with Crippen LogP contribution in [0.2, 0.25) is 0 Å². The number of halogens is 1. The SMILES string of the molecule is O=C(O)c1ccc(CN2CCC(OC(c3ccccc3)c3ccc(F)cc3)CC2)s1. The molecule has 0 bridgehead atoms. The van der Waals surface area contributed by atoms with Crippen LogP contribution in [-0.4, -0.2) is 35.2 Å². The van der Waals surface area contributed by atoms with E-state index in [2.05, 4.69) is 4.90 Å². The Labute approximate surface area is 179 Å². The van der Waals surface area contributed by atoms with Gasteiger partial charge in [0.05, 0.1) is 6.10 Å². The molecule has 4 nitrogen and oxygen atoms in total. The van der Waals surface area contributed by atoms with Gasteiger partial charge in [0, 0.05) is 24.5 Å². The number of likely N-dealkylation sites (tertiary alicyclic amines) is 1. The van der Waals surface area contributed by atoms with Crippen LogP contribution in [0.1, 0.15) is 44.6 Å². The number of ether oxygens (including phenoxy) is 1. The largest absolute Gasteiger partial charge is 0.477 e. The molecule has 1 N–H and O–H groups in total. The van der Waals surface area contributed by atoms with Crippen LogP contribution in [0.25, 0.3) is 0 Å². The van der Waals surface area contributed by atoms with E-state index in [1.807, 2.05) is 36.4 Å². The monoisotopic (exact) mass is 425 g/mol. The Bertz CT molecular complexity index is 966. The van der Waals surface area contributed by atoms with Crippen molar-refractivity contribution in [3.05, 3.63) is 93.4 Å². The van der Waals surface area contributed by atoms with E-state index in [0.717, 1.165) is 48.5 Å². The second kappa shape index (κ2) is 9.51. The van der Waals surface area contributed by atoms with Crippen molar-refractivity contribution in [2.75, 3.05) is 13.1 Å². The molecule has 0 spiro atoms. The molecule has 156 valence electrons.